The average Bonchev–Trinajstić information content (AvgIpc) is 2.99. The molecule has 10 nitrogen and oxygen atoms in total. The molecule has 3 amide bonds. The van der Waals surface area contributed by atoms with Crippen molar-refractivity contribution < 1.29 is 27.5 Å². The van der Waals surface area contributed by atoms with Crippen LogP contribution in [0.25, 0.3) is 0 Å². The summed E-state index contributed by atoms with van der Waals surface area (Å²) in [5, 5.41) is 2.73. The Labute approximate surface area is 166 Å². The summed E-state index contributed by atoms with van der Waals surface area (Å²) in [6.45, 7) is 4.32. The maximum Gasteiger partial charge on any atom is 0.247 e. The van der Waals surface area contributed by atoms with E-state index in [1.807, 2.05) is 0 Å². The summed E-state index contributed by atoms with van der Waals surface area (Å²) in [5.74, 6) is -0.932. The predicted octanol–water partition coefficient (Wildman–Crippen LogP) is -1.48. The van der Waals surface area contributed by atoms with E-state index in [4.69, 9.17) is 4.74 Å². The molecule has 0 bridgehead atoms. The number of carbonyl (C=O) groups is 3. The summed E-state index contributed by atoms with van der Waals surface area (Å²) in [4.78, 5) is 40.8. The fraction of sp³-hybridized carbons (Fsp3) is 0.824. The number of hydrogen-bond donors (Lipinski definition) is 2. The Bertz CT molecular complexity index is 710. The third-order valence-electron chi connectivity index (χ3n) is 4.98. The van der Waals surface area contributed by atoms with Gasteiger partial charge in [0.05, 0.1) is 25.3 Å². The fourth-order valence-electron chi connectivity index (χ4n) is 3.63. The van der Waals surface area contributed by atoms with E-state index in [-0.39, 0.29) is 61.8 Å². The number of piperazine rings is 1. The quantitative estimate of drug-likeness (QED) is 0.496. The van der Waals surface area contributed by atoms with E-state index >= 15 is 0 Å². The molecular formula is C17H30N4O6S. The first-order chi connectivity index (χ1) is 13.0. The molecule has 2 aliphatic heterocycles. The Morgan fingerprint density at radius 3 is 2.54 bits per heavy atom. The molecule has 0 aromatic rings. The molecule has 2 saturated heterocycles. The molecule has 2 rings (SSSR count). The number of methoxy groups -OCH3 is 1. The molecule has 28 heavy (non-hydrogen) atoms. The van der Waals surface area contributed by atoms with E-state index < -0.39 is 16.1 Å². The van der Waals surface area contributed by atoms with Crippen molar-refractivity contribution in [2.45, 2.75) is 44.8 Å². The normalized spacial score (nSPS) is 25.2. The minimum absolute atomic E-state index is 0.0297. The molecular weight excluding hydrogens is 388 g/mol. The zero-order chi connectivity index (χ0) is 21.1. The Kier molecular flexibility index (Phi) is 7.40. The molecule has 0 unspecified atom stereocenters. The second-order valence-corrected chi connectivity index (χ2v) is 9.45. The van der Waals surface area contributed by atoms with Gasteiger partial charge in [-0.15, -0.1) is 0 Å². The van der Waals surface area contributed by atoms with Gasteiger partial charge in [-0.1, -0.05) is 13.8 Å². The third-order valence-corrected chi connectivity index (χ3v) is 5.74. The van der Waals surface area contributed by atoms with E-state index in [2.05, 4.69) is 10.0 Å². The van der Waals surface area contributed by atoms with Gasteiger partial charge in [0, 0.05) is 38.7 Å². The summed E-state index contributed by atoms with van der Waals surface area (Å²) in [6, 6.07) is -1.44. The van der Waals surface area contributed by atoms with Gasteiger partial charge in [0.15, 0.2) is 0 Å². The summed E-state index contributed by atoms with van der Waals surface area (Å²) < 4.78 is 30.6. The van der Waals surface area contributed by atoms with Crippen LogP contribution < -0.4 is 10.0 Å². The molecule has 2 fully saturated rings. The van der Waals surface area contributed by atoms with Crippen molar-refractivity contribution in [3.05, 3.63) is 0 Å². The number of sulfonamides is 1. The van der Waals surface area contributed by atoms with Crippen molar-refractivity contribution in [1.29, 1.82) is 0 Å². The minimum atomic E-state index is -3.40. The van der Waals surface area contributed by atoms with Crippen molar-refractivity contribution in [1.82, 2.24) is 19.8 Å². The first-order valence-electron chi connectivity index (χ1n) is 9.37. The van der Waals surface area contributed by atoms with Gasteiger partial charge < -0.3 is 19.9 Å². The molecule has 3 atom stereocenters. The lowest BCUT2D eigenvalue weighted by Crippen LogP contribution is -2.64. The standard InChI is InChI=1S/C17H30N4O6S/c1-11(2)16(23)18-8-14-17(24)20-9-12(19-28(4,25)26)7-13(20)10-21(14)15(22)5-6-27-3/h11-14,19H,5-10H2,1-4H3,(H,18,23)/t12-,13-,14-/m0/s1. The first-order valence-corrected chi connectivity index (χ1v) is 11.3. The average molecular weight is 419 g/mol. The van der Waals surface area contributed by atoms with Crippen LogP contribution in [0.2, 0.25) is 0 Å². The van der Waals surface area contributed by atoms with Crippen LogP contribution in [0, 0.1) is 5.92 Å². The van der Waals surface area contributed by atoms with E-state index in [0.29, 0.717) is 13.0 Å². The van der Waals surface area contributed by atoms with Crippen molar-refractivity contribution >= 4 is 27.7 Å². The van der Waals surface area contributed by atoms with Crippen molar-refractivity contribution in [3.8, 4) is 0 Å². The number of nitrogens with zero attached hydrogens (tertiary/aromatic N) is 2. The van der Waals surface area contributed by atoms with Crippen LogP contribution in [0.5, 0.6) is 0 Å². The smallest absolute Gasteiger partial charge is 0.247 e. The van der Waals surface area contributed by atoms with Gasteiger partial charge in [-0.05, 0) is 6.42 Å². The Balaban J connectivity index is 2.16. The topological polar surface area (TPSA) is 125 Å². The Morgan fingerprint density at radius 1 is 1.29 bits per heavy atom. The molecule has 0 spiro atoms. The van der Waals surface area contributed by atoms with Gasteiger partial charge in [-0.2, -0.15) is 0 Å². The highest BCUT2D eigenvalue weighted by molar-refractivity contribution is 7.88. The predicted molar refractivity (Wildman–Crippen MR) is 102 cm³/mol. The van der Waals surface area contributed by atoms with E-state index in [1.165, 1.54) is 12.0 Å². The largest absolute Gasteiger partial charge is 0.384 e. The van der Waals surface area contributed by atoms with Gasteiger partial charge in [0.25, 0.3) is 0 Å². The maximum atomic E-state index is 13.1. The van der Waals surface area contributed by atoms with Crippen LogP contribution in [0.1, 0.15) is 26.7 Å². The van der Waals surface area contributed by atoms with Gasteiger partial charge in [0.1, 0.15) is 6.04 Å². The van der Waals surface area contributed by atoms with Gasteiger partial charge in [0.2, 0.25) is 27.7 Å². The Hall–Kier alpha value is -1.72. The zero-order valence-corrected chi connectivity index (χ0v) is 17.6. The fourth-order valence-corrected chi connectivity index (χ4v) is 4.41. The zero-order valence-electron chi connectivity index (χ0n) is 16.8. The highest BCUT2D eigenvalue weighted by atomic mass is 32.2. The van der Waals surface area contributed by atoms with Crippen molar-refractivity contribution in [2.24, 2.45) is 5.92 Å². The summed E-state index contributed by atoms with van der Waals surface area (Å²) >= 11 is 0. The van der Waals surface area contributed by atoms with Gasteiger partial charge >= 0.3 is 0 Å². The number of ether oxygens (including phenoxy) is 1. The van der Waals surface area contributed by atoms with Crippen LogP contribution in [0.3, 0.4) is 0 Å². The summed E-state index contributed by atoms with van der Waals surface area (Å²) in [6.07, 6.45) is 1.66. The van der Waals surface area contributed by atoms with Crippen LogP contribution in [-0.4, -0.2) is 93.7 Å². The van der Waals surface area contributed by atoms with Crippen molar-refractivity contribution in [3.63, 3.8) is 0 Å². The number of hydrogen-bond acceptors (Lipinski definition) is 6. The molecule has 2 heterocycles. The maximum absolute atomic E-state index is 13.1. The van der Waals surface area contributed by atoms with Gasteiger partial charge in [-0.25, -0.2) is 13.1 Å². The first kappa shape index (κ1) is 22.6. The second kappa shape index (κ2) is 9.19. The molecule has 0 saturated carbocycles. The van der Waals surface area contributed by atoms with E-state index in [1.54, 1.807) is 18.7 Å². The highest BCUT2D eigenvalue weighted by Crippen LogP contribution is 2.27. The molecule has 2 N–H and O–H groups in total. The lowest BCUT2D eigenvalue weighted by Gasteiger charge is -2.43. The Morgan fingerprint density at radius 2 is 1.96 bits per heavy atom. The molecule has 0 aliphatic carbocycles. The number of fused-ring (bicyclic) bond motifs is 1. The molecule has 2 aliphatic rings. The van der Waals surface area contributed by atoms with Gasteiger partial charge in [-0.3, -0.25) is 14.4 Å². The molecule has 0 aromatic heterocycles. The van der Waals surface area contributed by atoms with E-state index in [0.717, 1.165) is 6.26 Å². The molecule has 160 valence electrons. The van der Waals surface area contributed by atoms with Crippen LogP contribution in [0.4, 0.5) is 0 Å². The van der Waals surface area contributed by atoms with Crippen LogP contribution in [0.15, 0.2) is 0 Å². The summed E-state index contributed by atoms with van der Waals surface area (Å²) in [7, 11) is -1.90. The third kappa shape index (κ3) is 5.65. The van der Waals surface area contributed by atoms with Crippen LogP contribution >= 0.6 is 0 Å². The number of nitrogens with one attached hydrogen (secondary N) is 2. The van der Waals surface area contributed by atoms with E-state index in [9.17, 15) is 22.8 Å². The molecule has 0 radical (unpaired) electrons. The second-order valence-electron chi connectivity index (χ2n) is 7.67. The lowest BCUT2D eigenvalue weighted by atomic mass is 10.0. The monoisotopic (exact) mass is 418 g/mol. The number of amides is 3. The lowest BCUT2D eigenvalue weighted by molar-refractivity contribution is -0.154. The number of rotatable bonds is 8. The molecule has 11 heteroatoms. The SMILES string of the molecule is COCCC(=O)N1C[C@@H]2C[C@H](NS(C)(=O)=O)CN2C(=O)[C@@H]1CNC(=O)C(C)C. The summed E-state index contributed by atoms with van der Waals surface area (Å²) in [5.41, 5.74) is 0. The highest BCUT2D eigenvalue weighted by Gasteiger charge is 2.47. The molecule has 0 aromatic carbocycles. The van der Waals surface area contributed by atoms with Crippen molar-refractivity contribution in [2.75, 3.05) is 39.6 Å². The van der Waals surface area contributed by atoms with Crippen LogP contribution in [-0.2, 0) is 29.1 Å². The number of carbonyl (C=O) groups excluding carboxylic acids is 3. The minimum Gasteiger partial charge on any atom is -0.384 e.